The number of H-pyrrole nitrogens is 1. The van der Waals surface area contributed by atoms with Crippen LogP contribution in [-0.2, 0) is 12.3 Å². The molecule has 2 N–H and O–H groups in total. The van der Waals surface area contributed by atoms with Gasteiger partial charge in [-0.3, -0.25) is 4.57 Å². The van der Waals surface area contributed by atoms with Crippen LogP contribution in [0.3, 0.4) is 0 Å². The number of para-hydroxylation sites is 1. The molecule has 2 aromatic heterocycles. The molecule has 6 nitrogen and oxygen atoms in total. The first-order valence-electron chi connectivity index (χ1n) is 7.22. The number of hydrogen-bond acceptors (Lipinski definition) is 6. The Kier molecular flexibility index (Phi) is 4.82. The Balaban J connectivity index is 1.65. The summed E-state index contributed by atoms with van der Waals surface area (Å²) < 4.78 is 1.61. The van der Waals surface area contributed by atoms with Crippen LogP contribution in [-0.4, -0.2) is 19.7 Å². The lowest BCUT2D eigenvalue weighted by molar-refractivity contribution is 0.660. The largest absolute Gasteiger partial charge is 0.343 e. The van der Waals surface area contributed by atoms with Gasteiger partial charge in [0, 0.05) is 23.4 Å². The van der Waals surface area contributed by atoms with E-state index in [1.54, 1.807) is 15.9 Å². The molecule has 2 heterocycles. The molecule has 0 fully saturated rings. The van der Waals surface area contributed by atoms with Crippen molar-refractivity contribution in [2.75, 3.05) is 5.32 Å². The zero-order chi connectivity index (χ0) is 16.2. The molecule has 23 heavy (non-hydrogen) atoms. The van der Waals surface area contributed by atoms with Crippen LogP contribution in [0.1, 0.15) is 18.2 Å². The summed E-state index contributed by atoms with van der Waals surface area (Å²) in [5.74, 6) is 0.677. The summed E-state index contributed by atoms with van der Waals surface area (Å²) in [7, 11) is 0. The second-order valence-corrected chi connectivity index (χ2v) is 6.73. The van der Waals surface area contributed by atoms with E-state index in [-0.39, 0.29) is 5.69 Å². The van der Waals surface area contributed by atoms with Gasteiger partial charge < -0.3 is 5.32 Å². The van der Waals surface area contributed by atoms with Gasteiger partial charge >= 0.3 is 5.69 Å². The molecule has 3 aromatic rings. The summed E-state index contributed by atoms with van der Waals surface area (Å²) in [6.07, 6.45) is 0. The minimum atomic E-state index is -0.171. The Bertz CT molecular complexity index is 851. The quantitative estimate of drug-likeness (QED) is 0.669. The molecule has 0 saturated carbocycles. The number of thioether (sulfide) groups is 1. The maximum atomic E-state index is 11.5. The molecule has 0 spiro atoms. The van der Waals surface area contributed by atoms with Crippen LogP contribution in [0.5, 0.6) is 0 Å². The first-order valence-corrected chi connectivity index (χ1v) is 9.09. The van der Waals surface area contributed by atoms with Gasteiger partial charge in [-0.25, -0.2) is 14.9 Å². The number of benzene rings is 1. The van der Waals surface area contributed by atoms with Crippen molar-refractivity contribution in [3.63, 3.8) is 0 Å². The molecule has 0 aliphatic rings. The predicted octanol–water partition coefficient (Wildman–Crippen LogP) is 3.39. The normalized spacial score (nSPS) is 10.9. The number of aryl methyl sites for hydroxylation is 1. The number of nitrogens with zero attached hydrogens (tertiary/aromatic N) is 3. The molecule has 0 bridgehead atoms. The summed E-state index contributed by atoms with van der Waals surface area (Å²) in [6.45, 7) is 4.59. The molecule has 0 aliphatic heterocycles. The van der Waals surface area contributed by atoms with E-state index in [4.69, 9.17) is 0 Å². The van der Waals surface area contributed by atoms with E-state index in [1.807, 2.05) is 30.5 Å². The van der Waals surface area contributed by atoms with Crippen molar-refractivity contribution < 1.29 is 0 Å². The SMILES string of the molecule is CCn1c(SCc2csc(Nc3ccccc3C)n2)n[nH]c1=O. The third kappa shape index (κ3) is 3.65. The molecule has 0 radical (unpaired) electrons. The lowest BCUT2D eigenvalue weighted by Crippen LogP contribution is -2.16. The Morgan fingerprint density at radius 1 is 1.39 bits per heavy atom. The number of hydrogen-bond donors (Lipinski definition) is 2. The monoisotopic (exact) mass is 347 g/mol. The smallest absolute Gasteiger partial charge is 0.331 e. The highest BCUT2D eigenvalue weighted by Gasteiger charge is 2.09. The van der Waals surface area contributed by atoms with Crippen LogP contribution in [0.15, 0.2) is 39.6 Å². The predicted molar refractivity (Wildman–Crippen MR) is 94.7 cm³/mol. The molecule has 0 aliphatic carbocycles. The molecule has 120 valence electrons. The highest BCUT2D eigenvalue weighted by atomic mass is 32.2. The van der Waals surface area contributed by atoms with E-state index >= 15 is 0 Å². The first-order chi connectivity index (χ1) is 11.2. The standard InChI is InChI=1S/C15H17N5OS2/c1-3-20-14(21)18-19-15(20)23-9-11-8-22-13(16-11)17-12-7-5-4-6-10(12)2/h4-8H,3,9H2,1-2H3,(H,16,17)(H,18,21). The molecular formula is C15H17N5OS2. The van der Waals surface area contributed by atoms with Gasteiger partial charge in [0.1, 0.15) is 0 Å². The number of anilines is 2. The Labute approximate surface area is 142 Å². The molecule has 0 amide bonds. The van der Waals surface area contributed by atoms with Gasteiger partial charge in [0.2, 0.25) is 0 Å². The molecule has 3 rings (SSSR count). The summed E-state index contributed by atoms with van der Waals surface area (Å²) >= 11 is 3.08. The van der Waals surface area contributed by atoms with Crippen LogP contribution in [0.2, 0.25) is 0 Å². The summed E-state index contributed by atoms with van der Waals surface area (Å²) in [5.41, 5.74) is 3.04. The lowest BCUT2D eigenvalue weighted by Gasteiger charge is -2.05. The molecule has 1 aromatic carbocycles. The highest BCUT2D eigenvalue weighted by Crippen LogP contribution is 2.26. The number of thiazole rings is 1. The van der Waals surface area contributed by atoms with E-state index in [1.165, 1.54) is 17.3 Å². The number of aromatic nitrogens is 4. The van der Waals surface area contributed by atoms with Crippen LogP contribution in [0.4, 0.5) is 10.8 Å². The maximum Gasteiger partial charge on any atom is 0.343 e. The average Bonchev–Trinajstić information content (AvgIpc) is 3.14. The van der Waals surface area contributed by atoms with Crippen LogP contribution in [0, 0.1) is 6.92 Å². The van der Waals surface area contributed by atoms with Gasteiger partial charge in [0.25, 0.3) is 0 Å². The van der Waals surface area contributed by atoms with Crippen LogP contribution in [0.25, 0.3) is 0 Å². The fraction of sp³-hybridized carbons (Fsp3) is 0.267. The number of nitrogens with one attached hydrogen (secondary N) is 2. The Morgan fingerprint density at radius 2 is 2.22 bits per heavy atom. The number of rotatable bonds is 6. The topological polar surface area (TPSA) is 75.6 Å². The summed E-state index contributed by atoms with van der Waals surface area (Å²) in [6, 6.07) is 8.12. The second-order valence-electron chi connectivity index (χ2n) is 4.93. The van der Waals surface area contributed by atoms with Gasteiger partial charge in [0.15, 0.2) is 10.3 Å². The third-order valence-electron chi connectivity index (χ3n) is 3.33. The van der Waals surface area contributed by atoms with Crippen LogP contribution < -0.4 is 11.0 Å². The molecule has 8 heteroatoms. The fourth-order valence-corrected chi connectivity index (χ4v) is 3.82. The second kappa shape index (κ2) is 7.01. The summed E-state index contributed by atoms with van der Waals surface area (Å²) in [4.78, 5) is 16.1. The molecule has 0 atom stereocenters. The third-order valence-corrected chi connectivity index (χ3v) is 5.14. The average molecular weight is 347 g/mol. The van der Waals surface area contributed by atoms with Crippen molar-refractivity contribution in [2.45, 2.75) is 31.3 Å². The van der Waals surface area contributed by atoms with Crippen molar-refractivity contribution in [1.82, 2.24) is 19.7 Å². The van der Waals surface area contributed by atoms with E-state index in [0.29, 0.717) is 17.5 Å². The number of aromatic amines is 1. The van der Waals surface area contributed by atoms with Gasteiger partial charge in [-0.1, -0.05) is 30.0 Å². The Hall–Kier alpha value is -2.06. The van der Waals surface area contributed by atoms with E-state index < -0.39 is 0 Å². The van der Waals surface area contributed by atoms with Crippen molar-refractivity contribution in [3.05, 3.63) is 51.4 Å². The van der Waals surface area contributed by atoms with E-state index in [0.717, 1.165) is 16.5 Å². The van der Waals surface area contributed by atoms with Crippen molar-refractivity contribution in [1.29, 1.82) is 0 Å². The van der Waals surface area contributed by atoms with E-state index in [9.17, 15) is 4.79 Å². The summed E-state index contributed by atoms with van der Waals surface area (Å²) in [5, 5.41) is 13.4. The lowest BCUT2D eigenvalue weighted by atomic mass is 10.2. The molecule has 0 saturated heterocycles. The minimum absolute atomic E-state index is 0.171. The van der Waals surface area contributed by atoms with Gasteiger partial charge in [-0.05, 0) is 25.5 Å². The molecular weight excluding hydrogens is 330 g/mol. The van der Waals surface area contributed by atoms with Crippen molar-refractivity contribution in [2.24, 2.45) is 0 Å². The van der Waals surface area contributed by atoms with Crippen LogP contribution >= 0.6 is 23.1 Å². The minimum Gasteiger partial charge on any atom is -0.331 e. The van der Waals surface area contributed by atoms with Gasteiger partial charge in [-0.15, -0.1) is 16.4 Å². The van der Waals surface area contributed by atoms with Gasteiger partial charge in [0.05, 0.1) is 5.69 Å². The zero-order valence-corrected chi connectivity index (χ0v) is 14.5. The fourth-order valence-electron chi connectivity index (χ4n) is 2.09. The van der Waals surface area contributed by atoms with Crippen molar-refractivity contribution in [3.8, 4) is 0 Å². The van der Waals surface area contributed by atoms with Gasteiger partial charge in [-0.2, -0.15) is 0 Å². The highest BCUT2D eigenvalue weighted by molar-refractivity contribution is 7.98. The van der Waals surface area contributed by atoms with Crippen molar-refractivity contribution >= 4 is 33.9 Å². The molecule has 0 unspecified atom stereocenters. The Morgan fingerprint density at radius 3 is 3.00 bits per heavy atom. The maximum absolute atomic E-state index is 11.5. The van der Waals surface area contributed by atoms with E-state index in [2.05, 4.69) is 33.5 Å². The zero-order valence-electron chi connectivity index (χ0n) is 12.9. The first kappa shape index (κ1) is 15.8.